The third kappa shape index (κ3) is 5.89. The number of aliphatic carboxylic acids is 1. The Morgan fingerprint density at radius 2 is 1.97 bits per heavy atom. The number of nitrogen functional groups attached to an aromatic ring is 1. The van der Waals surface area contributed by atoms with Crippen molar-refractivity contribution in [1.29, 1.82) is 0 Å². The Morgan fingerprint density at radius 3 is 2.51 bits per heavy atom. The van der Waals surface area contributed by atoms with Gasteiger partial charge in [-0.25, -0.2) is 18.9 Å². The molecule has 204 valence electrons. The van der Waals surface area contributed by atoms with E-state index in [4.69, 9.17) is 16.3 Å². The number of amides is 4. The first-order valence-corrected chi connectivity index (χ1v) is 13.0. The maximum atomic E-state index is 13.1. The number of carbonyl (C=O) groups is 4. The van der Waals surface area contributed by atoms with Crippen LogP contribution in [0.1, 0.15) is 19.5 Å². The second-order valence-corrected chi connectivity index (χ2v) is 10.7. The van der Waals surface area contributed by atoms with Crippen LogP contribution in [-0.4, -0.2) is 117 Å². The van der Waals surface area contributed by atoms with Crippen molar-refractivity contribution in [1.82, 2.24) is 24.4 Å². The van der Waals surface area contributed by atoms with Gasteiger partial charge in [-0.05, 0) is 13.8 Å². The van der Waals surface area contributed by atoms with Gasteiger partial charge in [-0.15, -0.1) is 11.3 Å². The molecule has 2 fully saturated rings. The van der Waals surface area contributed by atoms with E-state index in [0.717, 1.165) is 11.3 Å². The van der Waals surface area contributed by atoms with Gasteiger partial charge in [0.05, 0.1) is 6.04 Å². The van der Waals surface area contributed by atoms with Crippen LogP contribution in [0.3, 0.4) is 0 Å². The van der Waals surface area contributed by atoms with Crippen molar-refractivity contribution in [3.63, 3.8) is 0 Å². The number of urea groups is 1. The monoisotopic (exact) mass is 562 g/mol. The second-order valence-electron chi connectivity index (χ2n) is 8.55. The first kappa shape index (κ1) is 28.0. The molecule has 7 N–H and O–H groups in total. The van der Waals surface area contributed by atoms with Crippen LogP contribution < -0.4 is 16.8 Å². The molecule has 0 saturated carbocycles. The molecule has 3 heterocycles. The van der Waals surface area contributed by atoms with Crippen molar-refractivity contribution < 1.29 is 42.1 Å². The molecule has 0 aliphatic carbocycles. The normalized spacial score (nSPS) is 20.8. The number of oxime groups is 1. The summed E-state index contributed by atoms with van der Waals surface area (Å²) in [5, 5.41) is 16.6. The summed E-state index contributed by atoms with van der Waals surface area (Å²) >= 11 is 0.948. The average molecular weight is 563 g/mol. The van der Waals surface area contributed by atoms with E-state index in [0.29, 0.717) is 6.54 Å². The second kappa shape index (κ2) is 10.4. The van der Waals surface area contributed by atoms with Crippen LogP contribution in [0.5, 0.6) is 0 Å². The number of carboxylic acids is 1. The first-order valence-electron chi connectivity index (χ1n) is 10.7. The number of nitrogens with one attached hydrogen (secondary N) is 1. The molecule has 17 nitrogen and oxygen atoms in total. The Bertz CT molecular complexity index is 1230. The molecule has 0 radical (unpaired) electrons. The van der Waals surface area contributed by atoms with Gasteiger partial charge in [-0.1, -0.05) is 5.16 Å². The van der Waals surface area contributed by atoms with Crippen LogP contribution in [0.2, 0.25) is 0 Å². The van der Waals surface area contributed by atoms with E-state index in [1.807, 2.05) is 0 Å². The first-order chi connectivity index (χ1) is 17.2. The number of nitrogens with two attached hydrogens (primary N) is 2. The molecule has 2 aliphatic heterocycles. The molecule has 2 saturated heterocycles. The molecular formula is C18H26N8O9S2. The van der Waals surface area contributed by atoms with Crippen molar-refractivity contribution in [2.45, 2.75) is 31.5 Å². The lowest BCUT2D eigenvalue weighted by atomic mass is 9.97. The molecule has 3 rings (SSSR count). The van der Waals surface area contributed by atoms with Crippen LogP contribution in [0.4, 0.5) is 9.93 Å². The summed E-state index contributed by atoms with van der Waals surface area (Å²) < 4.78 is 33.3. The molecule has 0 bridgehead atoms. The Balaban J connectivity index is 1.85. The number of anilines is 1. The summed E-state index contributed by atoms with van der Waals surface area (Å²) in [6.07, 6.45) is 0. The molecule has 37 heavy (non-hydrogen) atoms. The van der Waals surface area contributed by atoms with Gasteiger partial charge in [0, 0.05) is 38.1 Å². The predicted molar refractivity (Wildman–Crippen MR) is 128 cm³/mol. The molecule has 1 aromatic rings. The number of rotatable bonds is 11. The molecule has 2 atom stereocenters. The fraction of sp³-hybridized carbons (Fsp3) is 0.556. The number of nitrogens with zero attached hydrogens (tertiary/aromatic N) is 5. The van der Waals surface area contributed by atoms with Crippen LogP contribution in [0.25, 0.3) is 0 Å². The molecule has 2 unspecified atom stereocenters. The molecule has 4 amide bonds. The standard InChI is InChI=1S/C18H26N8O9S2/c1-18(2,15(29)30)35-23-11(9-8-36-16(20)21-9)13(27)22-12-10(26(14(12)28)37(32,33)34)7-25-6-5-24(4-3-19)17(25)31/h8,10,12H,3-7,19H2,1-2H3,(H2,20,21)(H,22,27)(H,29,30)(H,32,33,34). The van der Waals surface area contributed by atoms with E-state index in [1.54, 1.807) is 0 Å². The van der Waals surface area contributed by atoms with E-state index in [2.05, 4.69) is 15.5 Å². The summed E-state index contributed by atoms with van der Waals surface area (Å²) in [7, 11) is -5.01. The Kier molecular flexibility index (Phi) is 7.91. The molecule has 0 spiro atoms. The fourth-order valence-corrected chi connectivity index (χ4v) is 4.96. The smallest absolute Gasteiger partial charge is 0.362 e. The summed E-state index contributed by atoms with van der Waals surface area (Å²) in [5.74, 6) is -3.61. The van der Waals surface area contributed by atoms with E-state index in [1.165, 1.54) is 29.0 Å². The van der Waals surface area contributed by atoms with Crippen LogP contribution >= 0.6 is 11.3 Å². The largest absolute Gasteiger partial charge is 0.478 e. The van der Waals surface area contributed by atoms with Gasteiger partial charge < -0.3 is 36.5 Å². The summed E-state index contributed by atoms with van der Waals surface area (Å²) in [6, 6.07) is -3.28. The zero-order valence-corrected chi connectivity index (χ0v) is 21.4. The van der Waals surface area contributed by atoms with Crippen molar-refractivity contribution in [3.8, 4) is 0 Å². The number of hydrogen-bond donors (Lipinski definition) is 5. The lowest BCUT2D eigenvalue weighted by Gasteiger charge is -2.45. The zero-order chi connectivity index (χ0) is 27.7. The van der Waals surface area contributed by atoms with Gasteiger partial charge in [0.25, 0.3) is 11.8 Å². The van der Waals surface area contributed by atoms with E-state index in [-0.39, 0.29) is 41.3 Å². The van der Waals surface area contributed by atoms with E-state index < -0.39 is 57.5 Å². The maximum absolute atomic E-state index is 13.1. The fourth-order valence-electron chi connectivity index (χ4n) is 3.54. The van der Waals surface area contributed by atoms with Crippen LogP contribution in [0, 0.1) is 0 Å². The molecular weight excluding hydrogens is 536 g/mol. The Hall–Kier alpha value is -3.55. The van der Waals surface area contributed by atoms with Gasteiger partial charge in [0.2, 0.25) is 5.60 Å². The Morgan fingerprint density at radius 1 is 1.32 bits per heavy atom. The number of thiazole rings is 1. The minimum absolute atomic E-state index is 0.0534. The number of aromatic nitrogens is 1. The van der Waals surface area contributed by atoms with Gasteiger partial charge in [-0.3, -0.25) is 14.1 Å². The highest BCUT2D eigenvalue weighted by molar-refractivity contribution is 7.84. The molecule has 19 heteroatoms. The topological polar surface area (TPSA) is 251 Å². The van der Waals surface area contributed by atoms with Crippen molar-refractivity contribution in [2.75, 3.05) is 38.5 Å². The minimum Gasteiger partial charge on any atom is -0.478 e. The van der Waals surface area contributed by atoms with Crippen molar-refractivity contribution in [3.05, 3.63) is 11.1 Å². The summed E-state index contributed by atoms with van der Waals surface area (Å²) in [5.41, 5.74) is 8.63. The quantitative estimate of drug-likeness (QED) is 0.0812. The van der Waals surface area contributed by atoms with Crippen LogP contribution in [-0.2, 0) is 29.5 Å². The van der Waals surface area contributed by atoms with Gasteiger partial charge in [0.1, 0.15) is 11.7 Å². The van der Waals surface area contributed by atoms with Gasteiger partial charge in [0.15, 0.2) is 10.8 Å². The average Bonchev–Trinajstić information content (AvgIpc) is 3.37. The Labute approximate surface area is 214 Å². The van der Waals surface area contributed by atoms with E-state index >= 15 is 0 Å². The predicted octanol–water partition coefficient (Wildman–Crippen LogP) is -2.50. The number of carboxylic acid groups (broad SMARTS) is 1. The lowest BCUT2D eigenvalue weighted by molar-refractivity contribution is -0.161. The van der Waals surface area contributed by atoms with Crippen molar-refractivity contribution >= 4 is 56.3 Å². The number of β-lactam (4-membered cyclic amide) rings is 1. The maximum Gasteiger partial charge on any atom is 0.362 e. The molecule has 2 aliphatic rings. The number of carbonyl (C=O) groups excluding carboxylic acids is 3. The highest BCUT2D eigenvalue weighted by Gasteiger charge is 2.55. The summed E-state index contributed by atoms with van der Waals surface area (Å²) in [4.78, 5) is 61.2. The van der Waals surface area contributed by atoms with Crippen LogP contribution in [0.15, 0.2) is 10.5 Å². The third-order valence-corrected chi connectivity index (χ3v) is 7.17. The number of hydrogen-bond acceptors (Lipinski definition) is 12. The third-order valence-electron chi connectivity index (χ3n) is 5.55. The highest BCUT2D eigenvalue weighted by Crippen LogP contribution is 2.26. The van der Waals surface area contributed by atoms with Gasteiger partial charge >= 0.3 is 22.3 Å². The van der Waals surface area contributed by atoms with Crippen molar-refractivity contribution in [2.24, 2.45) is 10.9 Å². The zero-order valence-electron chi connectivity index (χ0n) is 19.7. The summed E-state index contributed by atoms with van der Waals surface area (Å²) in [6.45, 7) is 3.03. The SMILES string of the molecule is CC(C)(ON=C(C(=O)NC1C(=O)N(S(=O)(=O)O)C1CN1CCN(CCN)C1=O)c1csc(N)n1)C(=O)O. The minimum atomic E-state index is -5.01. The molecule has 0 aromatic carbocycles. The van der Waals surface area contributed by atoms with Gasteiger partial charge in [-0.2, -0.15) is 8.42 Å². The highest BCUT2D eigenvalue weighted by atomic mass is 32.2. The van der Waals surface area contributed by atoms with E-state index in [9.17, 15) is 37.3 Å². The molecule has 1 aromatic heterocycles. The lowest BCUT2D eigenvalue weighted by Crippen LogP contribution is -2.74.